The van der Waals surface area contributed by atoms with Gasteiger partial charge in [-0.05, 0) is 33.6 Å². The van der Waals surface area contributed by atoms with Crippen LogP contribution in [0.5, 0.6) is 0 Å². The Morgan fingerprint density at radius 2 is 2.12 bits per heavy atom. The minimum absolute atomic E-state index is 0.000301. The zero-order valence-electron chi connectivity index (χ0n) is 10.7. The van der Waals surface area contributed by atoms with Crippen molar-refractivity contribution in [1.82, 2.24) is 0 Å². The van der Waals surface area contributed by atoms with E-state index in [2.05, 4.69) is 12.5 Å². The van der Waals surface area contributed by atoms with Crippen LogP contribution in [0.2, 0.25) is 0 Å². The van der Waals surface area contributed by atoms with E-state index < -0.39 is 11.4 Å². The monoisotopic (exact) mass is 236 g/mol. The van der Waals surface area contributed by atoms with Crippen molar-refractivity contribution in [3.8, 4) is 12.3 Å². The molecule has 0 spiro atoms. The van der Waals surface area contributed by atoms with Gasteiger partial charge in [0, 0.05) is 5.92 Å². The zero-order valence-corrected chi connectivity index (χ0v) is 10.7. The van der Waals surface area contributed by atoms with Gasteiger partial charge in [0.05, 0.1) is 12.2 Å². The lowest BCUT2D eigenvalue weighted by Crippen LogP contribution is -2.52. The lowest BCUT2D eigenvalue weighted by atomic mass is 9.70. The predicted octanol–water partition coefficient (Wildman–Crippen LogP) is 1.86. The number of terminal acetylenes is 1. The van der Waals surface area contributed by atoms with Crippen LogP contribution in [-0.4, -0.2) is 28.7 Å². The molecule has 17 heavy (non-hydrogen) atoms. The van der Waals surface area contributed by atoms with E-state index in [0.29, 0.717) is 6.42 Å². The number of rotatable bonds is 1. The second kappa shape index (κ2) is 3.84. The van der Waals surface area contributed by atoms with E-state index in [1.165, 1.54) is 0 Å². The molecule has 4 atom stereocenters. The van der Waals surface area contributed by atoms with Gasteiger partial charge in [-0.3, -0.25) is 0 Å². The molecule has 0 amide bonds. The van der Waals surface area contributed by atoms with Crippen LogP contribution >= 0.6 is 0 Å². The molecule has 1 aliphatic carbocycles. The summed E-state index contributed by atoms with van der Waals surface area (Å²) in [6.07, 6.45) is 6.53. The van der Waals surface area contributed by atoms with Crippen LogP contribution in [0.25, 0.3) is 0 Å². The van der Waals surface area contributed by atoms with Crippen molar-refractivity contribution in [2.45, 2.75) is 57.2 Å². The van der Waals surface area contributed by atoms with Crippen molar-refractivity contribution in [2.24, 2.45) is 5.92 Å². The summed E-state index contributed by atoms with van der Waals surface area (Å²) in [7, 11) is 0. The zero-order chi connectivity index (χ0) is 12.8. The lowest BCUT2D eigenvalue weighted by molar-refractivity contribution is -0.150. The van der Waals surface area contributed by atoms with Gasteiger partial charge >= 0.3 is 0 Å². The first-order valence-corrected chi connectivity index (χ1v) is 6.00. The minimum Gasteiger partial charge on any atom is -0.377 e. The first kappa shape index (κ1) is 12.6. The summed E-state index contributed by atoms with van der Waals surface area (Å²) in [5, 5.41) is 10.5. The Morgan fingerprint density at radius 1 is 1.47 bits per heavy atom. The topological polar surface area (TPSA) is 38.7 Å². The molecule has 0 radical (unpaired) electrons. The summed E-state index contributed by atoms with van der Waals surface area (Å²) in [4.78, 5) is 0. The van der Waals surface area contributed by atoms with Crippen molar-refractivity contribution in [3.63, 3.8) is 0 Å². The highest BCUT2D eigenvalue weighted by Crippen LogP contribution is 2.46. The molecular formula is C14H20O3. The standard InChI is InChI=1S/C14H20O3/c1-6-14(15)8-7-10-12(11(14)9(2)3)17-13(4,5)16-10/h1,10-12,15H,2,7-8H2,3-5H3/t10-,11+,12-,14+/m1/s1. The SMILES string of the molecule is C#C[C@]1(O)CC[C@H]2OC(C)(C)O[C@H]2[C@@H]1C(=C)C. The predicted molar refractivity (Wildman–Crippen MR) is 65.1 cm³/mol. The highest BCUT2D eigenvalue weighted by Gasteiger charge is 2.55. The fourth-order valence-corrected chi connectivity index (χ4v) is 3.01. The van der Waals surface area contributed by atoms with Gasteiger partial charge < -0.3 is 14.6 Å². The van der Waals surface area contributed by atoms with E-state index >= 15 is 0 Å². The van der Waals surface area contributed by atoms with Crippen LogP contribution in [0.1, 0.15) is 33.6 Å². The van der Waals surface area contributed by atoms with E-state index in [4.69, 9.17) is 15.9 Å². The van der Waals surface area contributed by atoms with Crippen LogP contribution in [0, 0.1) is 18.3 Å². The van der Waals surface area contributed by atoms with E-state index in [1.807, 2.05) is 20.8 Å². The molecule has 3 heteroatoms. The molecule has 2 aliphatic rings. The molecule has 0 aromatic rings. The molecule has 0 aromatic carbocycles. The van der Waals surface area contributed by atoms with Gasteiger partial charge in [0.15, 0.2) is 5.79 Å². The number of hydrogen-bond acceptors (Lipinski definition) is 3. The van der Waals surface area contributed by atoms with Gasteiger partial charge in [-0.1, -0.05) is 18.1 Å². The Labute approximate surface area is 103 Å². The average molecular weight is 236 g/mol. The van der Waals surface area contributed by atoms with E-state index in [1.54, 1.807) is 0 Å². The third-order valence-electron chi connectivity index (χ3n) is 3.66. The van der Waals surface area contributed by atoms with Gasteiger partial charge in [-0.15, -0.1) is 6.42 Å². The highest BCUT2D eigenvalue weighted by molar-refractivity contribution is 5.24. The molecule has 0 bridgehead atoms. The summed E-state index contributed by atoms with van der Waals surface area (Å²) in [6, 6.07) is 0. The second-order valence-corrected chi connectivity index (χ2v) is 5.57. The van der Waals surface area contributed by atoms with Crippen molar-refractivity contribution >= 4 is 0 Å². The number of fused-ring (bicyclic) bond motifs is 1. The number of aliphatic hydroxyl groups is 1. The van der Waals surface area contributed by atoms with Crippen molar-refractivity contribution in [1.29, 1.82) is 0 Å². The Morgan fingerprint density at radius 3 is 2.65 bits per heavy atom. The Hall–Kier alpha value is -0.820. The Balaban J connectivity index is 2.33. The minimum atomic E-state index is -1.16. The van der Waals surface area contributed by atoms with Crippen molar-refractivity contribution < 1.29 is 14.6 Å². The normalized spacial score (nSPS) is 43.8. The maximum atomic E-state index is 10.5. The van der Waals surface area contributed by atoms with Crippen LogP contribution in [0.15, 0.2) is 12.2 Å². The molecule has 2 fully saturated rings. The molecule has 1 aliphatic heterocycles. The maximum Gasteiger partial charge on any atom is 0.163 e. The third-order valence-corrected chi connectivity index (χ3v) is 3.66. The molecule has 1 saturated carbocycles. The van der Waals surface area contributed by atoms with Crippen LogP contribution < -0.4 is 0 Å². The summed E-state index contributed by atoms with van der Waals surface area (Å²) in [5.41, 5.74) is -0.307. The van der Waals surface area contributed by atoms with E-state index in [-0.39, 0.29) is 18.1 Å². The highest BCUT2D eigenvalue weighted by atomic mass is 16.8. The smallest absolute Gasteiger partial charge is 0.163 e. The average Bonchev–Trinajstić information content (AvgIpc) is 2.51. The fraction of sp³-hybridized carbons (Fsp3) is 0.714. The van der Waals surface area contributed by atoms with Crippen LogP contribution in [-0.2, 0) is 9.47 Å². The molecule has 94 valence electrons. The Bertz CT molecular complexity index is 379. The summed E-state index contributed by atoms with van der Waals surface area (Å²) in [5.74, 6) is 1.65. The quantitative estimate of drug-likeness (QED) is 0.558. The van der Waals surface area contributed by atoms with Crippen LogP contribution in [0.3, 0.4) is 0 Å². The van der Waals surface area contributed by atoms with Gasteiger partial charge in [0.2, 0.25) is 0 Å². The fourth-order valence-electron chi connectivity index (χ4n) is 3.01. The van der Waals surface area contributed by atoms with E-state index in [9.17, 15) is 5.11 Å². The molecule has 1 heterocycles. The van der Waals surface area contributed by atoms with Crippen molar-refractivity contribution in [3.05, 3.63) is 12.2 Å². The van der Waals surface area contributed by atoms with Gasteiger partial charge in [-0.25, -0.2) is 0 Å². The first-order valence-electron chi connectivity index (χ1n) is 6.00. The molecule has 2 rings (SSSR count). The molecule has 0 aromatic heterocycles. The maximum absolute atomic E-state index is 10.5. The first-order chi connectivity index (χ1) is 7.79. The Kier molecular flexibility index (Phi) is 2.86. The van der Waals surface area contributed by atoms with Crippen LogP contribution in [0.4, 0.5) is 0 Å². The van der Waals surface area contributed by atoms with Gasteiger partial charge in [0.25, 0.3) is 0 Å². The number of ether oxygens (including phenoxy) is 2. The van der Waals surface area contributed by atoms with Gasteiger partial charge in [0.1, 0.15) is 5.60 Å². The van der Waals surface area contributed by atoms with Crippen molar-refractivity contribution in [2.75, 3.05) is 0 Å². The third kappa shape index (κ3) is 2.01. The molecule has 3 nitrogen and oxygen atoms in total. The summed E-state index contributed by atoms with van der Waals surface area (Å²) >= 11 is 0. The van der Waals surface area contributed by atoms with E-state index in [0.717, 1.165) is 12.0 Å². The summed E-state index contributed by atoms with van der Waals surface area (Å²) < 4.78 is 11.7. The largest absolute Gasteiger partial charge is 0.377 e. The lowest BCUT2D eigenvalue weighted by Gasteiger charge is -2.41. The molecular weight excluding hydrogens is 216 g/mol. The molecule has 1 N–H and O–H groups in total. The van der Waals surface area contributed by atoms with Gasteiger partial charge in [-0.2, -0.15) is 0 Å². The molecule has 0 unspecified atom stereocenters. The number of hydrogen-bond donors (Lipinski definition) is 1. The molecule has 1 saturated heterocycles. The summed E-state index contributed by atoms with van der Waals surface area (Å²) in [6.45, 7) is 9.59. The second-order valence-electron chi connectivity index (χ2n) is 5.57.